The van der Waals surface area contributed by atoms with E-state index in [1.807, 2.05) is 0 Å². The summed E-state index contributed by atoms with van der Waals surface area (Å²) in [6, 6.07) is 0. The molecule has 0 bridgehead atoms. The van der Waals surface area contributed by atoms with Crippen molar-refractivity contribution in [2.45, 2.75) is 105 Å². The largest absolute Gasteiger partial charge is 0.458 e. The second-order valence-corrected chi connectivity index (χ2v) is 11.7. The zero-order valence-electron chi connectivity index (χ0n) is 21.4. The number of hydrogen-bond donors (Lipinski definition) is 0. The molecule has 4 rings (SSSR count). The Hall–Kier alpha value is -1.92. The Balaban J connectivity index is 1.71. The number of carbonyl (C=O) groups excluding carboxylic acids is 4. The molecular weight excluding hydrogens is 436 g/mol. The van der Waals surface area contributed by atoms with Crippen LogP contribution in [0.2, 0.25) is 0 Å². The van der Waals surface area contributed by atoms with Gasteiger partial charge < -0.3 is 14.2 Å². The Bertz CT molecular complexity index is 867. The van der Waals surface area contributed by atoms with Gasteiger partial charge in [0.15, 0.2) is 6.10 Å². The van der Waals surface area contributed by atoms with Crippen LogP contribution in [-0.2, 0) is 33.4 Å². The number of ketones is 1. The third-order valence-corrected chi connectivity index (χ3v) is 10.0. The monoisotopic (exact) mass is 476 g/mol. The maximum atomic E-state index is 12.9. The number of rotatable bonds is 4. The summed E-state index contributed by atoms with van der Waals surface area (Å²) in [6.45, 7) is 10.7. The zero-order valence-corrected chi connectivity index (χ0v) is 21.4. The van der Waals surface area contributed by atoms with Gasteiger partial charge in [-0.15, -0.1) is 0 Å². The molecule has 0 heterocycles. The predicted molar refractivity (Wildman–Crippen MR) is 123 cm³/mol. The molecule has 0 radical (unpaired) electrons. The normalized spacial score (nSPS) is 45.4. The van der Waals surface area contributed by atoms with Crippen LogP contribution in [0, 0.1) is 40.4 Å². The van der Waals surface area contributed by atoms with Crippen molar-refractivity contribution in [1.82, 2.24) is 0 Å². The average Bonchev–Trinajstić information content (AvgIpc) is 2.98. The van der Waals surface area contributed by atoms with Crippen LogP contribution < -0.4 is 0 Å². The summed E-state index contributed by atoms with van der Waals surface area (Å²) in [5.41, 5.74) is -0.204. The highest BCUT2D eigenvalue weighted by Crippen LogP contribution is 2.67. The second-order valence-electron chi connectivity index (χ2n) is 11.7. The number of esters is 3. The molecule has 4 aliphatic carbocycles. The minimum absolute atomic E-state index is 0.00255. The van der Waals surface area contributed by atoms with Crippen LogP contribution in [0.4, 0.5) is 0 Å². The Morgan fingerprint density at radius 1 is 0.824 bits per heavy atom. The molecule has 4 saturated carbocycles. The van der Waals surface area contributed by atoms with Crippen molar-refractivity contribution in [3.05, 3.63) is 0 Å². The molecule has 34 heavy (non-hydrogen) atoms. The fourth-order valence-corrected chi connectivity index (χ4v) is 8.90. The van der Waals surface area contributed by atoms with Gasteiger partial charge in [-0.25, -0.2) is 0 Å². The standard InChI is InChI=1S/C27H40O7/c1-7-18-22(31)12-21-17-8-9-20-24(33-15(3)29)25(34-16(4)30)23(32-14(2)28)13-27(20,6)19(17)10-11-26(18,21)5/h17-21,23-25H,7-13H2,1-6H3/t17-,18+,19-,20-,21-,23+,24-,25+,26-,27-/m1/s1. The maximum Gasteiger partial charge on any atom is 0.303 e. The van der Waals surface area contributed by atoms with Gasteiger partial charge in [-0.2, -0.15) is 0 Å². The quantitative estimate of drug-likeness (QED) is 0.442. The van der Waals surface area contributed by atoms with Crippen molar-refractivity contribution in [2.24, 2.45) is 40.4 Å². The highest BCUT2D eigenvalue weighted by atomic mass is 16.6. The molecule has 0 aromatic carbocycles. The summed E-state index contributed by atoms with van der Waals surface area (Å²) < 4.78 is 17.2. The molecule has 4 fully saturated rings. The van der Waals surface area contributed by atoms with Crippen LogP contribution in [0.3, 0.4) is 0 Å². The van der Waals surface area contributed by atoms with Crippen molar-refractivity contribution in [1.29, 1.82) is 0 Å². The maximum absolute atomic E-state index is 12.9. The van der Waals surface area contributed by atoms with Crippen LogP contribution in [0.1, 0.15) is 86.5 Å². The van der Waals surface area contributed by atoms with E-state index in [2.05, 4.69) is 20.8 Å². The van der Waals surface area contributed by atoms with Gasteiger partial charge >= 0.3 is 17.9 Å². The summed E-state index contributed by atoms with van der Waals surface area (Å²) in [5, 5.41) is 0. The third-order valence-electron chi connectivity index (χ3n) is 10.0. The van der Waals surface area contributed by atoms with E-state index in [-0.39, 0.29) is 22.7 Å². The number of Topliss-reactive ketones (excluding diaryl/α,β-unsaturated/α-hetero) is 1. The first-order valence-corrected chi connectivity index (χ1v) is 13.0. The number of ether oxygens (including phenoxy) is 3. The van der Waals surface area contributed by atoms with Crippen molar-refractivity contribution in [3.8, 4) is 0 Å². The zero-order chi connectivity index (χ0) is 25.0. The number of carbonyl (C=O) groups is 4. The van der Waals surface area contributed by atoms with E-state index in [4.69, 9.17) is 14.2 Å². The SMILES string of the molecule is CC[C@H]1C(=O)C[C@@H]2[C@@H]3CC[C@@H]4[C@@H](OC(C)=O)[C@@H](OC(C)=O)[C@@H](OC(C)=O)C[C@]4(C)[C@@H]3CC[C@@]21C. The topological polar surface area (TPSA) is 96.0 Å². The number of hydrogen-bond acceptors (Lipinski definition) is 7. The molecule has 7 heteroatoms. The van der Waals surface area contributed by atoms with Crippen molar-refractivity contribution in [2.75, 3.05) is 0 Å². The Morgan fingerprint density at radius 3 is 2.03 bits per heavy atom. The molecule has 0 amide bonds. The molecule has 0 aromatic rings. The molecule has 7 nitrogen and oxygen atoms in total. The van der Waals surface area contributed by atoms with E-state index < -0.39 is 36.2 Å². The van der Waals surface area contributed by atoms with Crippen molar-refractivity contribution in [3.63, 3.8) is 0 Å². The van der Waals surface area contributed by atoms with Gasteiger partial charge in [0.2, 0.25) is 0 Å². The molecule has 4 aliphatic rings. The van der Waals surface area contributed by atoms with E-state index in [0.29, 0.717) is 36.4 Å². The summed E-state index contributed by atoms with van der Waals surface area (Å²) in [7, 11) is 0. The lowest BCUT2D eigenvalue weighted by molar-refractivity contribution is -0.234. The van der Waals surface area contributed by atoms with Crippen LogP contribution >= 0.6 is 0 Å². The summed E-state index contributed by atoms with van der Waals surface area (Å²) >= 11 is 0. The van der Waals surface area contributed by atoms with Gasteiger partial charge in [0.25, 0.3) is 0 Å². The fraction of sp³-hybridized carbons (Fsp3) is 0.852. The van der Waals surface area contributed by atoms with Gasteiger partial charge in [0.1, 0.15) is 18.0 Å². The molecule has 0 unspecified atom stereocenters. The first kappa shape index (κ1) is 25.2. The first-order valence-electron chi connectivity index (χ1n) is 13.0. The summed E-state index contributed by atoms with van der Waals surface area (Å²) in [6.07, 6.45) is 3.79. The average molecular weight is 477 g/mol. The molecule has 0 N–H and O–H groups in total. The molecule has 0 saturated heterocycles. The Morgan fingerprint density at radius 2 is 1.44 bits per heavy atom. The van der Waals surface area contributed by atoms with E-state index in [9.17, 15) is 19.2 Å². The van der Waals surface area contributed by atoms with Gasteiger partial charge in [-0.05, 0) is 67.1 Å². The molecule has 190 valence electrons. The lowest BCUT2D eigenvalue weighted by atomic mass is 9.44. The lowest BCUT2D eigenvalue weighted by Crippen LogP contribution is -2.64. The minimum atomic E-state index is -0.814. The Labute approximate surface area is 202 Å². The van der Waals surface area contributed by atoms with Crippen LogP contribution in [0.5, 0.6) is 0 Å². The van der Waals surface area contributed by atoms with Crippen LogP contribution in [0.15, 0.2) is 0 Å². The summed E-state index contributed by atoms with van der Waals surface area (Å²) in [5.74, 6) is 0.316. The van der Waals surface area contributed by atoms with E-state index >= 15 is 0 Å². The molecule has 0 aromatic heterocycles. The predicted octanol–water partition coefficient (Wildman–Crippen LogP) is 4.25. The van der Waals surface area contributed by atoms with Crippen LogP contribution in [0.25, 0.3) is 0 Å². The third kappa shape index (κ3) is 3.97. The van der Waals surface area contributed by atoms with Gasteiger partial charge in [0.05, 0.1) is 0 Å². The van der Waals surface area contributed by atoms with Crippen LogP contribution in [-0.4, -0.2) is 42.0 Å². The van der Waals surface area contributed by atoms with E-state index in [0.717, 1.165) is 32.1 Å². The van der Waals surface area contributed by atoms with E-state index in [1.165, 1.54) is 20.8 Å². The van der Waals surface area contributed by atoms with Gasteiger partial charge in [-0.1, -0.05) is 20.8 Å². The van der Waals surface area contributed by atoms with Crippen molar-refractivity contribution >= 4 is 23.7 Å². The summed E-state index contributed by atoms with van der Waals surface area (Å²) in [4.78, 5) is 49.0. The van der Waals surface area contributed by atoms with Gasteiger partial charge in [0, 0.05) is 39.0 Å². The lowest BCUT2D eigenvalue weighted by Gasteiger charge is -2.62. The molecule has 10 atom stereocenters. The molecule has 0 aliphatic heterocycles. The Kier molecular flexibility index (Phi) is 6.62. The van der Waals surface area contributed by atoms with Crippen molar-refractivity contribution < 1.29 is 33.4 Å². The number of fused-ring (bicyclic) bond motifs is 5. The fourth-order valence-electron chi connectivity index (χ4n) is 8.90. The molecule has 0 spiro atoms. The highest BCUT2D eigenvalue weighted by molar-refractivity contribution is 5.84. The second kappa shape index (κ2) is 8.94. The first-order chi connectivity index (χ1) is 15.9. The minimum Gasteiger partial charge on any atom is -0.458 e. The highest BCUT2D eigenvalue weighted by Gasteiger charge is 2.65. The van der Waals surface area contributed by atoms with E-state index in [1.54, 1.807) is 0 Å². The molecular formula is C27H40O7. The smallest absolute Gasteiger partial charge is 0.303 e. The van der Waals surface area contributed by atoms with Gasteiger partial charge in [-0.3, -0.25) is 19.2 Å².